The average Bonchev–Trinajstić information content (AvgIpc) is 1.86. The molecule has 1 unspecified atom stereocenters. The van der Waals surface area contributed by atoms with E-state index in [2.05, 4.69) is 6.07 Å². The quantitative estimate of drug-likeness (QED) is 0.552. The standard InChI is InChI=1S/C6H13NOSi/c1-6(5-7)9(3,4)8-2/h6H,1-4H3. The molecule has 0 aromatic carbocycles. The first-order valence-electron chi connectivity index (χ1n) is 2.99. The molecule has 0 bridgehead atoms. The maximum absolute atomic E-state index is 8.51. The Hall–Kier alpha value is -0.333. The Bertz CT molecular complexity index is 128. The minimum Gasteiger partial charge on any atom is -0.419 e. The van der Waals surface area contributed by atoms with Gasteiger partial charge in [-0.1, -0.05) is 0 Å². The zero-order valence-corrected chi connectivity index (χ0v) is 7.43. The molecule has 52 valence electrons. The van der Waals surface area contributed by atoms with E-state index in [1.807, 2.05) is 20.0 Å². The first-order valence-corrected chi connectivity index (χ1v) is 5.98. The van der Waals surface area contributed by atoms with Crippen LogP contribution in [0.3, 0.4) is 0 Å². The Kier molecular flexibility index (Phi) is 2.88. The summed E-state index contributed by atoms with van der Waals surface area (Å²) in [6, 6.07) is 2.19. The molecule has 0 N–H and O–H groups in total. The smallest absolute Gasteiger partial charge is 0.202 e. The van der Waals surface area contributed by atoms with Crippen molar-refractivity contribution < 1.29 is 4.43 Å². The third-order valence-corrected chi connectivity index (χ3v) is 5.03. The van der Waals surface area contributed by atoms with Gasteiger partial charge in [-0.3, -0.25) is 0 Å². The minimum atomic E-state index is -1.64. The largest absolute Gasteiger partial charge is 0.419 e. The van der Waals surface area contributed by atoms with Gasteiger partial charge in [0.2, 0.25) is 8.32 Å². The fourth-order valence-corrected chi connectivity index (χ4v) is 0.997. The number of hydrogen-bond donors (Lipinski definition) is 0. The third kappa shape index (κ3) is 2.16. The van der Waals surface area contributed by atoms with Gasteiger partial charge in [0.1, 0.15) is 0 Å². The second-order valence-corrected chi connectivity index (χ2v) is 7.14. The molecule has 0 radical (unpaired) electrons. The maximum Gasteiger partial charge on any atom is 0.202 e. The molecular formula is C6H13NOSi. The molecule has 0 amide bonds. The van der Waals surface area contributed by atoms with Gasteiger partial charge in [-0.15, -0.1) is 0 Å². The Balaban J connectivity index is 4.01. The Morgan fingerprint density at radius 3 is 2.11 bits per heavy atom. The molecule has 3 heteroatoms. The second-order valence-electron chi connectivity index (χ2n) is 2.66. The highest BCUT2D eigenvalue weighted by atomic mass is 28.4. The predicted octanol–water partition coefficient (Wildman–Crippen LogP) is 1.75. The summed E-state index contributed by atoms with van der Waals surface area (Å²) < 4.78 is 5.21. The molecule has 9 heavy (non-hydrogen) atoms. The molecule has 0 spiro atoms. The van der Waals surface area contributed by atoms with Crippen LogP contribution in [-0.2, 0) is 4.43 Å². The van der Waals surface area contributed by atoms with Gasteiger partial charge in [-0.25, -0.2) is 0 Å². The van der Waals surface area contributed by atoms with E-state index >= 15 is 0 Å². The molecule has 0 rings (SSSR count). The van der Waals surface area contributed by atoms with E-state index in [1.54, 1.807) is 7.11 Å². The molecule has 0 saturated heterocycles. The van der Waals surface area contributed by atoms with Crippen LogP contribution in [0.2, 0.25) is 18.6 Å². The van der Waals surface area contributed by atoms with E-state index in [0.717, 1.165) is 0 Å². The molecule has 2 nitrogen and oxygen atoms in total. The fraction of sp³-hybridized carbons (Fsp3) is 0.833. The van der Waals surface area contributed by atoms with Crippen molar-refractivity contribution in [2.24, 2.45) is 0 Å². The van der Waals surface area contributed by atoms with Crippen LogP contribution in [0.5, 0.6) is 0 Å². The summed E-state index contributed by atoms with van der Waals surface area (Å²) in [4.78, 5) is 0. The van der Waals surface area contributed by atoms with Crippen LogP contribution in [-0.4, -0.2) is 15.4 Å². The van der Waals surface area contributed by atoms with Gasteiger partial charge >= 0.3 is 0 Å². The van der Waals surface area contributed by atoms with Crippen molar-refractivity contribution in [3.63, 3.8) is 0 Å². The first kappa shape index (κ1) is 8.67. The van der Waals surface area contributed by atoms with Crippen molar-refractivity contribution in [2.75, 3.05) is 7.11 Å². The third-order valence-electron chi connectivity index (χ3n) is 1.76. The van der Waals surface area contributed by atoms with Crippen LogP contribution in [0, 0.1) is 11.3 Å². The summed E-state index contributed by atoms with van der Waals surface area (Å²) in [5.41, 5.74) is 0.0856. The van der Waals surface area contributed by atoms with Gasteiger partial charge in [0.05, 0.1) is 11.6 Å². The monoisotopic (exact) mass is 143 g/mol. The van der Waals surface area contributed by atoms with Gasteiger partial charge in [0.25, 0.3) is 0 Å². The van der Waals surface area contributed by atoms with E-state index in [9.17, 15) is 0 Å². The predicted molar refractivity (Wildman–Crippen MR) is 39.5 cm³/mol. The summed E-state index contributed by atoms with van der Waals surface area (Å²) in [7, 11) is 0.0388. The molecule has 0 saturated carbocycles. The molecule has 0 heterocycles. The van der Waals surface area contributed by atoms with E-state index in [0.29, 0.717) is 0 Å². The molecule has 0 fully saturated rings. The van der Waals surface area contributed by atoms with E-state index < -0.39 is 8.32 Å². The van der Waals surface area contributed by atoms with Gasteiger partial charge < -0.3 is 4.43 Å². The lowest BCUT2D eigenvalue weighted by atomic mass is 10.5. The van der Waals surface area contributed by atoms with Crippen LogP contribution in [0.4, 0.5) is 0 Å². The van der Waals surface area contributed by atoms with Crippen LogP contribution in [0.1, 0.15) is 6.92 Å². The van der Waals surface area contributed by atoms with Crippen molar-refractivity contribution in [2.45, 2.75) is 25.6 Å². The van der Waals surface area contributed by atoms with E-state index in [4.69, 9.17) is 9.69 Å². The fourth-order valence-electron chi connectivity index (χ4n) is 0.332. The Morgan fingerprint density at radius 1 is 1.56 bits per heavy atom. The normalized spacial score (nSPS) is 14.6. The highest BCUT2D eigenvalue weighted by Crippen LogP contribution is 2.19. The van der Waals surface area contributed by atoms with Crippen molar-refractivity contribution >= 4 is 8.32 Å². The number of nitrogens with zero attached hydrogens (tertiary/aromatic N) is 1. The van der Waals surface area contributed by atoms with Crippen LogP contribution < -0.4 is 0 Å². The summed E-state index contributed by atoms with van der Waals surface area (Å²) in [6.07, 6.45) is 0. The molecule has 0 aromatic rings. The van der Waals surface area contributed by atoms with Crippen LogP contribution in [0.15, 0.2) is 0 Å². The Labute approximate surface area is 57.6 Å². The minimum absolute atomic E-state index is 0.0856. The molecule has 0 aromatic heterocycles. The Morgan fingerprint density at radius 2 is 2.00 bits per heavy atom. The lowest BCUT2D eigenvalue weighted by Crippen LogP contribution is -2.32. The van der Waals surface area contributed by atoms with Gasteiger partial charge in [0.15, 0.2) is 0 Å². The van der Waals surface area contributed by atoms with E-state index in [-0.39, 0.29) is 5.54 Å². The molecule has 1 atom stereocenters. The van der Waals surface area contributed by atoms with Gasteiger partial charge in [-0.2, -0.15) is 5.26 Å². The van der Waals surface area contributed by atoms with Crippen molar-refractivity contribution in [1.82, 2.24) is 0 Å². The topological polar surface area (TPSA) is 33.0 Å². The van der Waals surface area contributed by atoms with Crippen molar-refractivity contribution in [1.29, 1.82) is 5.26 Å². The zero-order chi connectivity index (χ0) is 7.49. The lowest BCUT2D eigenvalue weighted by molar-refractivity contribution is 0.399. The average molecular weight is 143 g/mol. The summed E-state index contributed by atoms with van der Waals surface area (Å²) in [5, 5.41) is 8.51. The zero-order valence-electron chi connectivity index (χ0n) is 6.43. The summed E-state index contributed by atoms with van der Waals surface area (Å²) in [6.45, 7) is 6.00. The molecular weight excluding hydrogens is 130 g/mol. The van der Waals surface area contributed by atoms with Crippen LogP contribution in [0.25, 0.3) is 0 Å². The number of hydrogen-bond acceptors (Lipinski definition) is 2. The maximum atomic E-state index is 8.51. The molecule has 0 aliphatic carbocycles. The molecule has 0 aliphatic rings. The van der Waals surface area contributed by atoms with Crippen molar-refractivity contribution in [3.05, 3.63) is 0 Å². The lowest BCUT2D eigenvalue weighted by Gasteiger charge is -2.21. The summed E-state index contributed by atoms with van der Waals surface area (Å²) >= 11 is 0. The number of rotatable bonds is 2. The SMILES string of the molecule is CO[Si](C)(C)C(C)C#N. The highest BCUT2D eigenvalue weighted by molar-refractivity contribution is 6.73. The van der Waals surface area contributed by atoms with Crippen molar-refractivity contribution in [3.8, 4) is 6.07 Å². The van der Waals surface area contributed by atoms with E-state index in [1.165, 1.54) is 0 Å². The number of nitriles is 1. The second kappa shape index (κ2) is 2.99. The van der Waals surface area contributed by atoms with Gasteiger partial charge in [0, 0.05) is 7.11 Å². The molecule has 0 aliphatic heterocycles. The van der Waals surface area contributed by atoms with Gasteiger partial charge in [-0.05, 0) is 20.0 Å². The summed E-state index contributed by atoms with van der Waals surface area (Å²) in [5.74, 6) is 0. The highest BCUT2D eigenvalue weighted by Gasteiger charge is 2.28. The van der Waals surface area contributed by atoms with Crippen LogP contribution >= 0.6 is 0 Å². The first-order chi connectivity index (χ1) is 4.04.